The van der Waals surface area contributed by atoms with Gasteiger partial charge in [-0.2, -0.15) is 5.10 Å². The van der Waals surface area contributed by atoms with E-state index < -0.39 is 0 Å². The largest absolute Gasteiger partial charge is 0.271 e. The van der Waals surface area contributed by atoms with Crippen molar-refractivity contribution in [3.8, 4) is 5.69 Å². The Morgan fingerprint density at radius 1 is 1.29 bits per heavy atom. The Kier molecular flexibility index (Phi) is 3.57. The molecular formula is C14H17ClN6. The summed E-state index contributed by atoms with van der Waals surface area (Å²) in [5, 5.41) is 11.1. The van der Waals surface area contributed by atoms with E-state index in [2.05, 4.69) is 46.4 Å². The highest BCUT2D eigenvalue weighted by Gasteiger charge is 2.23. The van der Waals surface area contributed by atoms with E-state index in [0.29, 0.717) is 5.15 Å². The van der Waals surface area contributed by atoms with E-state index >= 15 is 0 Å². The molecule has 0 amide bonds. The van der Waals surface area contributed by atoms with Crippen molar-refractivity contribution in [3.05, 3.63) is 46.2 Å². The molecule has 0 saturated carbocycles. The van der Waals surface area contributed by atoms with E-state index in [9.17, 15) is 0 Å². The third-order valence-corrected chi connectivity index (χ3v) is 3.83. The van der Waals surface area contributed by atoms with Crippen LogP contribution in [-0.4, -0.2) is 27.2 Å². The first-order valence-electron chi connectivity index (χ1n) is 6.79. The van der Waals surface area contributed by atoms with Gasteiger partial charge in [-0.3, -0.25) is 5.01 Å². The molecule has 2 heterocycles. The Balaban J connectivity index is 2.06. The predicted octanol–water partition coefficient (Wildman–Crippen LogP) is 2.15. The molecule has 0 saturated heterocycles. The molecule has 2 aromatic rings. The summed E-state index contributed by atoms with van der Waals surface area (Å²) in [6, 6.07) is 6.21. The zero-order chi connectivity index (χ0) is 15.0. The number of benzene rings is 1. The van der Waals surface area contributed by atoms with E-state index in [0.717, 1.165) is 29.2 Å². The fourth-order valence-corrected chi connectivity index (χ4v) is 2.55. The summed E-state index contributed by atoms with van der Waals surface area (Å²) in [6.45, 7) is 6.88. The summed E-state index contributed by atoms with van der Waals surface area (Å²) in [4.78, 5) is 0. The summed E-state index contributed by atoms with van der Waals surface area (Å²) in [5.41, 5.74) is 9.73. The lowest BCUT2D eigenvalue weighted by atomic mass is 10.1. The average Bonchev–Trinajstić information content (AvgIpc) is 3.07. The van der Waals surface area contributed by atoms with E-state index in [1.807, 2.05) is 18.9 Å². The Morgan fingerprint density at radius 2 is 2.10 bits per heavy atom. The number of nitrogens with zero attached hydrogens (tertiary/aromatic N) is 4. The topological polar surface area (TPSA) is 57.5 Å². The summed E-state index contributed by atoms with van der Waals surface area (Å²) >= 11 is 6.52. The lowest BCUT2D eigenvalue weighted by Gasteiger charge is -2.15. The molecule has 1 aromatic heterocycles. The number of hydrogen-bond donors (Lipinski definition) is 2. The number of aryl methyl sites for hydroxylation is 2. The SMILES string of the molecule is CCN1NNN=C1c1cnn(-c2cc(C)ccc2C)c1Cl. The lowest BCUT2D eigenvalue weighted by Crippen LogP contribution is -2.40. The molecule has 110 valence electrons. The standard InChI is InChI=1S/C14H17ClN6/c1-4-20-14(17-18-19-20)11-8-16-21(13(11)15)12-7-9(2)5-6-10(12)3/h5-8,18-19H,4H2,1-3H3. The number of amidine groups is 1. The molecule has 1 aliphatic rings. The predicted molar refractivity (Wildman–Crippen MR) is 83.2 cm³/mol. The molecule has 0 unspecified atom stereocenters. The molecule has 2 N–H and O–H groups in total. The number of hydrazone groups is 1. The normalized spacial score (nSPS) is 14.3. The van der Waals surface area contributed by atoms with Crippen LogP contribution >= 0.6 is 11.6 Å². The molecule has 0 fully saturated rings. The van der Waals surface area contributed by atoms with Gasteiger partial charge in [0.25, 0.3) is 0 Å². The van der Waals surface area contributed by atoms with E-state index in [1.165, 1.54) is 5.56 Å². The van der Waals surface area contributed by atoms with Crippen molar-refractivity contribution in [1.29, 1.82) is 0 Å². The van der Waals surface area contributed by atoms with Gasteiger partial charge in [-0.15, -0.1) is 10.6 Å². The second-order valence-corrected chi connectivity index (χ2v) is 5.31. The summed E-state index contributed by atoms with van der Waals surface area (Å²) in [6.07, 6.45) is 1.74. The summed E-state index contributed by atoms with van der Waals surface area (Å²) in [5.74, 6) is 0.735. The van der Waals surface area contributed by atoms with Crippen LogP contribution in [0.4, 0.5) is 0 Å². The van der Waals surface area contributed by atoms with Crippen molar-refractivity contribution in [3.63, 3.8) is 0 Å². The Bertz CT molecular complexity index is 705. The first-order chi connectivity index (χ1) is 10.1. The number of nitrogens with one attached hydrogen (secondary N) is 2. The molecule has 3 rings (SSSR count). The molecule has 0 aliphatic carbocycles. The smallest absolute Gasteiger partial charge is 0.177 e. The van der Waals surface area contributed by atoms with Gasteiger partial charge in [-0.05, 0) is 38.0 Å². The Labute approximate surface area is 128 Å². The minimum Gasteiger partial charge on any atom is -0.271 e. The Hall–Kier alpha value is -2.05. The van der Waals surface area contributed by atoms with Crippen molar-refractivity contribution in [1.82, 2.24) is 25.9 Å². The van der Waals surface area contributed by atoms with E-state index in [1.54, 1.807) is 10.9 Å². The maximum absolute atomic E-state index is 6.52. The number of hydrazine groups is 2. The summed E-state index contributed by atoms with van der Waals surface area (Å²) in [7, 11) is 0. The highest BCUT2D eigenvalue weighted by molar-refractivity contribution is 6.33. The van der Waals surface area contributed by atoms with Crippen LogP contribution in [0.5, 0.6) is 0 Å². The van der Waals surface area contributed by atoms with Gasteiger partial charge in [0, 0.05) is 6.54 Å². The van der Waals surface area contributed by atoms with Crippen LogP contribution in [0.25, 0.3) is 5.69 Å². The highest BCUT2D eigenvalue weighted by Crippen LogP contribution is 2.24. The molecule has 0 radical (unpaired) electrons. The van der Waals surface area contributed by atoms with Crippen LogP contribution in [0, 0.1) is 13.8 Å². The van der Waals surface area contributed by atoms with Crippen LogP contribution in [0.1, 0.15) is 23.6 Å². The molecular weight excluding hydrogens is 288 g/mol. The van der Waals surface area contributed by atoms with Crippen molar-refractivity contribution in [2.24, 2.45) is 5.10 Å². The first-order valence-corrected chi connectivity index (χ1v) is 7.17. The number of halogens is 1. The second-order valence-electron chi connectivity index (χ2n) is 4.95. The number of hydrogen-bond acceptors (Lipinski definition) is 5. The van der Waals surface area contributed by atoms with Crippen LogP contribution in [-0.2, 0) is 0 Å². The molecule has 0 spiro atoms. The zero-order valence-corrected chi connectivity index (χ0v) is 12.9. The molecule has 0 bridgehead atoms. The highest BCUT2D eigenvalue weighted by atomic mass is 35.5. The van der Waals surface area contributed by atoms with Gasteiger partial charge in [0.05, 0.1) is 17.4 Å². The second kappa shape index (κ2) is 5.38. The van der Waals surface area contributed by atoms with Crippen molar-refractivity contribution in [2.45, 2.75) is 20.8 Å². The number of rotatable bonds is 3. The minimum atomic E-state index is 0.548. The van der Waals surface area contributed by atoms with Crippen LogP contribution in [0.2, 0.25) is 5.15 Å². The van der Waals surface area contributed by atoms with Crippen molar-refractivity contribution in [2.75, 3.05) is 6.54 Å². The molecule has 1 aromatic carbocycles. The maximum Gasteiger partial charge on any atom is 0.177 e. The maximum atomic E-state index is 6.52. The molecule has 7 heteroatoms. The van der Waals surface area contributed by atoms with Gasteiger partial charge >= 0.3 is 0 Å². The fourth-order valence-electron chi connectivity index (χ4n) is 2.29. The van der Waals surface area contributed by atoms with Gasteiger partial charge in [-0.1, -0.05) is 23.7 Å². The lowest BCUT2D eigenvalue weighted by molar-refractivity contribution is 0.308. The third kappa shape index (κ3) is 2.36. The molecule has 0 atom stereocenters. The average molecular weight is 305 g/mol. The number of aromatic nitrogens is 2. The quantitative estimate of drug-likeness (QED) is 0.912. The van der Waals surface area contributed by atoms with Crippen LogP contribution in [0.15, 0.2) is 29.5 Å². The van der Waals surface area contributed by atoms with Gasteiger partial charge in [-0.25, -0.2) is 10.2 Å². The molecule has 21 heavy (non-hydrogen) atoms. The van der Waals surface area contributed by atoms with Crippen molar-refractivity contribution >= 4 is 17.4 Å². The fraction of sp³-hybridized carbons (Fsp3) is 0.286. The zero-order valence-electron chi connectivity index (χ0n) is 12.2. The Morgan fingerprint density at radius 3 is 2.86 bits per heavy atom. The monoisotopic (exact) mass is 304 g/mol. The molecule has 1 aliphatic heterocycles. The van der Waals surface area contributed by atoms with Gasteiger partial charge < -0.3 is 0 Å². The van der Waals surface area contributed by atoms with E-state index in [4.69, 9.17) is 11.6 Å². The molecule has 6 nitrogen and oxygen atoms in total. The minimum absolute atomic E-state index is 0.548. The summed E-state index contributed by atoms with van der Waals surface area (Å²) < 4.78 is 1.74. The van der Waals surface area contributed by atoms with Crippen LogP contribution in [0.3, 0.4) is 0 Å². The third-order valence-electron chi connectivity index (χ3n) is 3.46. The van der Waals surface area contributed by atoms with Gasteiger partial charge in [0.2, 0.25) is 0 Å². The first kappa shape index (κ1) is 13.9. The van der Waals surface area contributed by atoms with Gasteiger partial charge in [0.1, 0.15) is 5.15 Å². The van der Waals surface area contributed by atoms with Crippen molar-refractivity contribution < 1.29 is 0 Å². The van der Waals surface area contributed by atoms with E-state index in [-0.39, 0.29) is 0 Å². The van der Waals surface area contributed by atoms with Crippen LogP contribution < -0.4 is 11.1 Å². The van der Waals surface area contributed by atoms with Gasteiger partial charge in [0.15, 0.2) is 5.84 Å².